The molecule has 5 nitrogen and oxygen atoms in total. The molecule has 0 aliphatic heterocycles. The van der Waals surface area contributed by atoms with E-state index < -0.39 is 0 Å². The van der Waals surface area contributed by atoms with Crippen molar-refractivity contribution in [2.75, 3.05) is 18.0 Å². The van der Waals surface area contributed by atoms with Crippen molar-refractivity contribution >= 4 is 22.7 Å². The van der Waals surface area contributed by atoms with Gasteiger partial charge in [-0.1, -0.05) is 12.1 Å². The summed E-state index contributed by atoms with van der Waals surface area (Å²) in [5, 5.41) is 7.27. The van der Waals surface area contributed by atoms with Crippen LogP contribution in [0.15, 0.2) is 30.5 Å². The Bertz CT molecular complexity index is 552. The van der Waals surface area contributed by atoms with Gasteiger partial charge in [0.2, 0.25) is 0 Å². The van der Waals surface area contributed by atoms with E-state index in [0.717, 1.165) is 23.4 Å². The Hall–Kier alpha value is -2.17. The van der Waals surface area contributed by atoms with Gasteiger partial charge in [0, 0.05) is 19.5 Å². The number of benzene rings is 1. The van der Waals surface area contributed by atoms with Gasteiger partial charge in [-0.15, -0.1) is 0 Å². The van der Waals surface area contributed by atoms with E-state index in [1.54, 1.807) is 6.20 Å². The van der Waals surface area contributed by atoms with Crippen LogP contribution in [0.3, 0.4) is 0 Å². The second-order valence-corrected chi connectivity index (χ2v) is 4.07. The number of para-hydroxylation sites is 2. The summed E-state index contributed by atoms with van der Waals surface area (Å²) in [7, 11) is 0. The molecule has 0 radical (unpaired) electrons. The third kappa shape index (κ3) is 2.74. The van der Waals surface area contributed by atoms with Gasteiger partial charge in [0.05, 0.1) is 23.1 Å². The highest BCUT2D eigenvalue weighted by molar-refractivity contribution is 5.78. The molecule has 2 rings (SSSR count). The molecule has 0 amide bonds. The fourth-order valence-electron chi connectivity index (χ4n) is 1.79. The Morgan fingerprint density at radius 2 is 2.06 bits per heavy atom. The third-order valence-electron chi connectivity index (χ3n) is 2.79. The molecule has 0 aliphatic carbocycles. The van der Waals surface area contributed by atoms with Crippen LogP contribution in [-0.4, -0.2) is 28.9 Å². The van der Waals surface area contributed by atoms with Gasteiger partial charge in [0.25, 0.3) is 0 Å². The van der Waals surface area contributed by atoms with Crippen molar-refractivity contribution in [2.24, 2.45) is 5.73 Å². The molecule has 0 aliphatic rings. The highest BCUT2D eigenvalue weighted by Crippen LogP contribution is 2.15. The quantitative estimate of drug-likeness (QED) is 0.619. The second-order valence-electron chi connectivity index (χ2n) is 4.07. The van der Waals surface area contributed by atoms with Crippen molar-refractivity contribution in [3.63, 3.8) is 0 Å². The molecule has 1 aromatic carbocycles. The van der Waals surface area contributed by atoms with Gasteiger partial charge in [-0.2, -0.15) is 0 Å². The molecule has 1 aromatic heterocycles. The van der Waals surface area contributed by atoms with Crippen LogP contribution < -0.4 is 10.6 Å². The monoisotopic (exact) mass is 243 g/mol. The Labute approximate surface area is 106 Å². The maximum Gasteiger partial charge on any atom is 0.147 e. The van der Waals surface area contributed by atoms with Gasteiger partial charge in [-0.3, -0.25) is 10.4 Å². The molecular weight excluding hydrogens is 226 g/mol. The van der Waals surface area contributed by atoms with Gasteiger partial charge in [0.1, 0.15) is 5.82 Å². The van der Waals surface area contributed by atoms with Crippen LogP contribution in [0, 0.1) is 5.41 Å². The number of nitrogens with one attached hydrogen (secondary N) is 1. The van der Waals surface area contributed by atoms with Crippen LogP contribution in [0.2, 0.25) is 0 Å². The van der Waals surface area contributed by atoms with Gasteiger partial charge >= 0.3 is 0 Å². The molecule has 0 bridgehead atoms. The minimum atomic E-state index is 0.196. The maximum absolute atomic E-state index is 7.27. The van der Waals surface area contributed by atoms with Crippen LogP contribution in [0.4, 0.5) is 5.82 Å². The molecule has 2 aromatic rings. The zero-order chi connectivity index (χ0) is 13.0. The number of hydrogen-bond donors (Lipinski definition) is 2. The molecule has 0 fully saturated rings. The van der Waals surface area contributed by atoms with E-state index in [-0.39, 0.29) is 5.84 Å². The van der Waals surface area contributed by atoms with Crippen molar-refractivity contribution < 1.29 is 0 Å². The molecule has 94 valence electrons. The minimum Gasteiger partial charge on any atom is -0.388 e. The molecule has 18 heavy (non-hydrogen) atoms. The predicted octanol–water partition coefficient (Wildman–Crippen LogP) is 1.78. The topological polar surface area (TPSA) is 78.9 Å². The molecular formula is C13H17N5. The maximum atomic E-state index is 7.27. The molecule has 0 saturated heterocycles. The fraction of sp³-hybridized carbons (Fsp3) is 0.308. The van der Waals surface area contributed by atoms with Gasteiger partial charge in [-0.05, 0) is 19.1 Å². The summed E-state index contributed by atoms with van der Waals surface area (Å²) in [5.74, 6) is 1.03. The first-order valence-electron chi connectivity index (χ1n) is 6.00. The van der Waals surface area contributed by atoms with Gasteiger partial charge in [-0.25, -0.2) is 4.98 Å². The van der Waals surface area contributed by atoms with Crippen molar-refractivity contribution in [3.05, 3.63) is 30.5 Å². The molecule has 5 heteroatoms. The first-order valence-corrected chi connectivity index (χ1v) is 6.00. The SMILES string of the molecule is CCN(CCC(=N)N)c1cnc2ccccc2n1. The number of fused-ring (bicyclic) bond motifs is 1. The Balaban J connectivity index is 2.24. The normalized spacial score (nSPS) is 10.5. The smallest absolute Gasteiger partial charge is 0.147 e. The molecule has 0 spiro atoms. The van der Waals surface area contributed by atoms with Crippen molar-refractivity contribution in [1.82, 2.24) is 9.97 Å². The third-order valence-corrected chi connectivity index (χ3v) is 2.79. The first kappa shape index (κ1) is 12.3. The number of nitrogens with zero attached hydrogens (tertiary/aromatic N) is 3. The first-order chi connectivity index (χ1) is 8.70. The minimum absolute atomic E-state index is 0.196. The number of anilines is 1. The molecule has 0 atom stereocenters. The number of aromatic nitrogens is 2. The summed E-state index contributed by atoms with van der Waals surface area (Å²) in [6, 6.07) is 7.79. The number of nitrogens with two attached hydrogens (primary N) is 1. The molecule has 0 saturated carbocycles. The van der Waals surface area contributed by atoms with Crippen LogP contribution >= 0.6 is 0 Å². The summed E-state index contributed by atoms with van der Waals surface area (Å²) in [6.45, 7) is 3.57. The summed E-state index contributed by atoms with van der Waals surface area (Å²) in [5.41, 5.74) is 7.16. The Morgan fingerprint density at radius 3 is 2.72 bits per heavy atom. The van der Waals surface area contributed by atoms with Gasteiger partial charge in [0.15, 0.2) is 0 Å². The van der Waals surface area contributed by atoms with Crippen LogP contribution in [0.5, 0.6) is 0 Å². The summed E-state index contributed by atoms with van der Waals surface area (Å²) < 4.78 is 0. The van der Waals surface area contributed by atoms with Crippen LogP contribution in [0.25, 0.3) is 11.0 Å². The second kappa shape index (κ2) is 5.44. The summed E-state index contributed by atoms with van der Waals surface area (Å²) in [6.07, 6.45) is 2.31. The van der Waals surface area contributed by atoms with Crippen LogP contribution in [0.1, 0.15) is 13.3 Å². The highest BCUT2D eigenvalue weighted by Gasteiger charge is 2.07. The lowest BCUT2D eigenvalue weighted by Crippen LogP contribution is -2.28. The van der Waals surface area contributed by atoms with Crippen LogP contribution in [-0.2, 0) is 0 Å². The van der Waals surface area contributed by atoms with Crippen molar-refractivity contribution in [1.29, 1.82) is 5.41 Å². The van der Waals surface area contributed by atoms with Crippen molar-refractivity contribution in [3.8, 4) is 0 Å². The van der Waals surface area contributed by atoms with Gasteiger partial charge < -0.3 is 10.6 Å². The lowest BCUT2D eigenvalue weighted by Gasteiger charge is -2.21. The Morgan fingerprint density at radius 1 is 1.33 bits per heavy atom. The van der Waals surface area contributed by atoms with E-state index >= 15 is 0 Å². The molecule has 1 heterocycles. The number of rotatable bonds is 5. The number of hydrogen-bond acceptors (Lipinski definition) is 4. The molecule has 0 unspecified atom stereocenters. The van der Waals surface area contributed by atoms with E-state index in [2.05, 4.69) is 21.8 Å². The lowest BCUT2D eigenvalue weighted by molar-refractivity contribution is 0.814. The molecule has 3 N–H and O–H groups in total. The predicted molar refractivity (Wildman–Crippen MR) is 74.0 cm³/mol. The van der Waals surface area contributed by atoms with E-state index in [9.17, 15) is 0 Å². The highest BCUT2D eigenvalue weighted by atomic mass is 15.2. The summed E-state index contributed by atoms with van der Waals surface area (Å²) in [4.78, 5) is 11.0. The average molecular weight is 243 g/mol. The van der Waals surface area contributed by atoms with Crippen molar-refractivity contribution in [2.45, 2.75) is 13.3 Å². The Kier molecular flexibility index (Phi) is 3.72. The van der Waals surface area contributed by atoms with E-state index in [1.165, 1.54) is 0 Å². The summed E-state index contributed by atoms with van der Waals surface area (Å²) >= 11 is 0. The van der Waals surface area contributed by atoms with E-state index in [0.29, 0.717) is 13.0 Å². The van der Waals surface area contributed by atoms with E-state index in [1.807, 2.05) is 24.3 Å². The average Bonchev–Trinajstić information content (AvgIpc) is 2.39. The van der Waals surface area contributed by atoms with E-state index in [4.69, 9.17) is 11.1 Å². The lowest BCUT2D eigenvalue weighted by atomic mass is 10.3. The fourth-order valence-corrected chi connectivity index (χ4v) is 1.79. The zero-order valence-electron chi connectivity index (χ0n) is 10.4. The zero-order valence-corrected chi connectivity index (χ0v) is 10.4. The number of amidine groups is 1. The standard InChI is InChI=1S/C13H17N5/c1-2-18(8-7-12(14)15)13-9-16-10-5-3-4-6-11(10)17-13/h3-6,9H,2,7-8H2,1H3,(H3,14,15). The largest absolute Gasteiger partial charge is 0.388 e.